The van der Waals surface area contributed by atoms with Crippen molar-refractivity contribution in [2.24, 2.45) is 0 Å². The second kappa shape index (κ2) is 4.91. The maximum absolute atomic E-state index is 13.3. The number of halogens is 3. The summed E-state index contributed by atoms with van der Waals surface area (Å²) in [6, 6.07) is 1.06. The molecule has 0 aliphatic heterocycles. The molecule has 0 fully saturated rings. The fourth-order valence-electron chi connectivity index (χ4n) is 1.06. The predicted molar refractivity (Wildman–Crippen MR) is 55.1 cm³/mol. The average Bonchev–Trinajstić information content (AvgIpc) is 2.18. The molecule has 0 heterocycles. The van der Waals surface area contributed by atoms with Crippen LogP contribution in [0.3, 0.4) is 0 Å². The largest absolute Gasteiger partial charge is 0.491 e. The van der Waals surface area contributed by atoms with Gasteiger partial charge in [0.2, 0.25) is 5.82 Å². The summed E-state index contributed by atoms with van der Waals surface area (Å²) in [5.74, 6) is -2.84. The molecule has 0 amide bonds. The Balaban J connectivity index is 3.31. The molecule has 1 rings (SSSR count). The lowest BCUT2D eigenvalue weighted by Crippen LogP contribution is -2.33. The van der Waals surface area contributed by atoms with E-state index in [0.717, 1.165) is 6.07 Å². The van der Waals surface area contributed by atoms with Gasteiger partial charge in [-0.15, -0.1) is 0 Å². The highest BCUT2D eigenvalue weighted by molar-refractivity contribution is 9.10. The third kappa shape index (κ3) is 2.47. The van der Waals surface area contributed by atoms with E-state index in [1.165, 1.54) is 0 Å². The second-order valence-electron chi connectivity index (χ2n) is 2.71. The van der Waals surface area contributed by atoms with Crippen LogP contribution in [-0.4, -0.2) is 23.8 Å². The lowest BCUT2D eigenvalue weighted by atomic mass is 9.80. The summed E-state index contributed by atoms with van der Waals surface area (Å²) in [4.78, 5) is 0. The summed E-state index contributed by atoms with van der Waals surface area (Å²) in [5, 5.41) is 17.5. The van der Waals surface area contributed by atoms with E-state index in [1.54, 1.807) is 6.92 Å². The molecule has 0 aromatic heterocycles. The highest BCUT2D eigenvalue weighted by Gasteiger charge is 2.24. The Hall–Kier alpha value is -0.655. The van der Waals surface area contributed by atoms with Crippen LogP contribution in [0.15, 0.2) is 10.5 Å². The number of benzene rings is 1. The van der Waals surface area contributed by atoms with E-state index in [9.17, 15) is 8.78 Å². The van der Waals surface area contributed by atoms with Crippen molar-refractivity contribution in [3.8, 4) is 5.75 Å². The molecule has 7 heteroatoms. The monoisotopic (exact) mass is 280 g/mol. The van der Waals surface area contributed by atoms with Gasteiger partial charge in [-0.1, -0.05) is 0 Å². The topological polar surface area (TPSA) is 49.7 Å². The van der Waals surface area contributed by atoms with Crippen molar-refractivity contribution in [3.05, 3.63) is 22.2 Å². The molecule has 2 N–H and O–H groups in total. The van der Waals surface area contributed by atoms with Gasteiger partial charge in [0, 0.05) is 5.46 Å². The lowest BCUT2D eigenvalue weighted by molar-refractivity contribution is 0.312. The van der Waals surface area contributed by atoms with Gasteiger partial charge in [0.25, 0.3) is 0 Å². The van der Waals surface area contributed by atoms with Gasteiger partial charge in [-0.3, -0.25) is 0 Å². The zero-order chi connectivity index (χ0) is 11.6. The van der Waals surface area contributed by atoms with Gasteiger partial charge in [-0.2, -0.15) is 4.39 Å². The first kappa shape index (κ1) is 12.4. The van der Waals surface area contributed by atoms with E-state index in [-0.39, 0.29) is 16.8 Å². The van der Waals surface area contributed by atoms with E-state index in [0.29, 0.717) is 0 Å². The first-order valence-corrected chi connectivity index (χ1v) is 4.94. The molecular weight excluding hydrogens is 273 g/mol. The molecule has 0 radical (unpaired) electrons. The smallest absolute Gasteiger partial charge is 0.489 e. The standard InChI is InChI=1S/C8H8BBrF2O3/c1-2-15-8-5(10)3-4(9(13)14)6(11)7(8)12/h3,13-14H,2H2,1H3. The fourth-order valence-corrected chi connectivity index (χ4v) is 1.60. The van der Waals surface area contributed by atoms with Crippen LogP contribution in [0, 0.1) is 11.6 Å². The third-order valence-electron chi connectivity index (χ3n) is 1.71. The molecule has 0 atom stereocenters. The van der Waals surface area contributed by atoms with E-state index in [1.807, 2.05) is 0 Å². The first-order chi connectivity index (χ1) is 6.99. The number of rotatable bonds is 3. The van der Waals surface area contributed by atoms with Crippen molar-refractivity contribution >= 4 is 28.5 Å². The number of hydrogen-bond donors (Lipinski definition) is 2. The summed E-state index contributed by atoms with van der Waals surface area (Å²) in [7, 11) is -2.06. The van der Waals surface area contributed by atoms with Crippen molar-refractivity contribution in [1.82, 2.24) is 0 Å². The minimum atomic E-state index is -2.06. The average molecular weight is 281 g/mol. The Morgan fingerprint density at radius 2 is 2.00 bits per heavy atom. The van der Waals surface area contributed by atoms with Crippen LogP contribution < -0.4 is 10.2 Å². The van der Waals surface area contributed by atoms with Gasteiger partial charge in [0.05, 0.1) is 11.1 Å². The molecule has 0 bridgehead atoms. The minimum absolute atomic E-state index is 0.131. The third-order valence-corrected chi connectivity index (χ3v) is 2.30. The van der Waals surface area contributed by atoms with Gasteiger partial charge < -0.3 is 14.8 Å². The Labute approximate surface area is 94.0 Å². The fraction of sp³-hybridized carbons (Fsp3) is 0.250. The van der Waals surface area contributed by atoms with Gasteiger partial charge >= 0.3 is 7.12 Å². The highest BCUT2D eigenvalue weighted by atomic mass is 79.9. The quantitative estimate of drug-likeness (QED) is 0.636. The second-order valence-corrected chi connectivity index (χ2v) is 3.57. The van der Waals surface area contributed by atoms with E-state index in [4.69, 9.17) is 14.8 Å². The first-order valence-electron chi connectivity index (χ1n) is 4.15. The Morgan fingerprint density at radius 3 is 2.47 bits per heavy atom. The zero-order valence-corrected chi connectivity index (χ0v) is 9.38. The SMILES string of the molecule is CCOc1c(Br)cc(B(O)O)c(F)c1F. The Kier molecular flexibility index (Phi) is 4.07. The van der Waals surface area contributed by atoms with Gasteiger partial charge in [-0.25, -0.2) is 4.39 Å². The lowest BCUT2D eigenvalue weighted by Gasteiger charge is -2.10. The summed E-state index contributed by atoms with van der Waals surface area (Å²) in [6.07, 6.45) is 0. The normalized spacial score (nSPS) is 10.3. The van der Waals surface area contributed by atoms with Crippen LogP contribution in [0.5, 0.6) is 5.75 Å². The van der Waals surface area contributed by atoms with E-state index >= 15 is 0 Å². The molecule has 82 valence electrons. The molecule has 15 heavy (non-hydrogen) atoms. The number of ether oxygens (including phenoxy) is 1. The van der Waals surface area contributed by atoms with Crippen LogP contribution in [0.1, 0.15) is 6.92 Å². The van der Waals surface area contributed by atoms with Gasteiger partial charge in [0.15, 0.2) is 11.6 Å². The van der Waals surface area contributed by atoms with Gasteiger partial charge in [0.1, 0.15) is 0 Å². The number of hydrogen-bond acceptors (Lipinski definition) is 3. The van der Waals surface area contributed by atoms with E-state index < -0.39 is 24.2 Å². The van der Waals surface area contributed by atoms with Gasteiger partial charge in [-0.05, 0) is 28.9 Å². The van der Waals surface area contributed by atoms with Crippen molar-refractivity contribution in [3.63, 3.8) is 0 Å². The molecule has 0 unspecified atom stereocenters. The van der Waals surface area contributed by atoms with Crippen molar-refractivity contribution in [2.45, 2.75) is 6.92 Å². The minimum Gasteiger partial charge on any atom is -0.489 e. The summed E-state index contributed by atoms with van der Waals surface area (Å²) in [5.41, 5.74) is -0.539. The maximum Gasteiger partial charge on any atom is 0.491 e. The summed E-state index contributed by atoms with van der Waals surface area (Å²) in [6.45, 7) is 1.80. The summed E-state index contributed by atoms with van der Waals surface area (Å²) >= 11 is 2.95. The molecule has 0 spiro atoms. The zero-order valence-electron chi connectivity index (χ0n) is 7.80. The molecular formula is C8H8BBrF2O3. The summed E-state index contributed by atoms with van der Waals surface area (Å²) < 4.78 is 31.5. The Morgan fingerprint density at radius 1 is 1.40 bits per heavy atom. The van der Waals surface area contributed by atoms with Crippen LogP contribution in [0.25, 0.3) is 0 Å². The van der Waals surface area contributed by atoms with Crippen LogP contribution >= 0.6 is 15.9 Å². The Bertz CT molecular complexity index is 373. The molecule has 0 saturated carbocycles. The van der Waals surface area contributed by atoms with Crippen LogP contribution in [0.4, 0.5) is 8.78 Å². The molecule has 3 nitrogen and oxygen atoms in total. The van der Waals surface area contributed by atoms with Crippen LogP contribution in [0.2, 0.25) is 0 Å². The van der Waals surface area contributed by atoms with Crippen molar-refractivity contribution < 1.29 is 23.6 Å². The van der Waals surface area contributed by atoms with Crippen molar-refractivity contribution in [1.29, 1.82) is 0 Å². The van der Waals surface area contributed by atoms with Crippen molar-refractivity contribution in [2.75, 3.05) is 6.61 Å². The van der Waals surface area contributed by atoms with E-state index in [2.05, 4.69) is 15.9 Å². The molecule has 0 saturated heterocycles. The molecule has 1 aromatic rings. The molecule has 0 aliphatic rings. The van der Waals surface area contributed by atoms with Crippen LogP contribution in [-0.2, 0) is 0 Å². The molecule has 0 aliphatic carbocycles. The maximum atomic E-state index is 13.3. The molecule has 1 aromatic carbocycles. The highest BCUT2D eigenvalue weighted by Crippen LogP contribution is 2.28. The predicted octanol–water partition coefficient (Wildman–Crippen LogP) is 0.806.